The minimum absolute atomic E-state index is 0.0229. The molecular formula is C50H93NO9. The summed E-state index contributed by atoms with van der Waals surface area (Å²) in [6.45, 7) is 17.2. The highest BCUT2D eigenvalue weighted by Gasteiger charge is 2.22. The van der Waals surface area contributed by atoms with Crippen molar-refractivity contribution < 1.29 is 42.8 Å². The van der Waals surface area contributed by atoms with Crippen molar-refractivity contribution in [1.82, 2.24) is 4.90 Å². The van der Waals surface area contributed by atoms with Gasteiger partial charge in [0.1, 0.15) is 12.7 Å². The molecule has 10 heteroatoms. The van der Waals surface area contributed by atoms with E-state index in [0.717, 1.165) is 90.3 Å². The Labute approximate surface area is 368 Å². The average Bonchev–Trinajstić information content (AvgIpc) is 3.24. The van der Waals surface area contributed by atoms with Crippen molar-refractivity contribution in [2.75, 3.05) is 52.7 Å². The summed E-state index contributed by atoms with van der Waals surface area (Å²) in [4.78, 5) is 40.6. The van der Waals surface area contributed by atoms with Crippen LogP contribution in [0.15, 0.2) is 24.3 Å². The van der Waals surface area contributed by atoms with Crippen LogP contribution < -0.4 is 0 Å². The minimum Gasteiger partial charge on any atom is -0.465 e. The number of esters is 2. The second-order valence-corrected chi connectivity index (χ2v) is 16.5. The van der Waals surface area contributed by atoms with Gasteiger partial charge >= 0.3 is 18.1 Å². The van der Waals surface area contributed by atoms with E-state index in [0.29, 0.717) is 32.7 Å². The molecule has 0 spiro atoms. The van der Waals surface area contributed by atoms with Gasteiger partial charge in [0.2, 0.25) is 0 Å². The van der Waals surface area contributed by atoms with Gasteiger partial charge in [-0.25, -0.2) is 4.79 Å². The number of hydrogen-bond donors (Lipinski definition) is 0. The second-order valence-electron chi connectivity index (χ2n) is 16.5. The Morgan fingerprint density at radius 3 is 1.67 bits per heavy atom. The number of carbonyl (C=O) groups is 3. The van der Waals surface area contributed by atoms with Crippen LogP contribution in [0.4, 0.5) is 4.79 Å². The fourth-order valence-electron chi connectivity index (χ4n) is 6.69. The van der Waals surface area contributed by atoms with Crippen LogP contribution in [-0.4, -0.2) is 88.1 Å². The Bertz CT molecular complexity index is 1010. The Morgan fingerprint density at radius 2 is 1.07 bits per heavy atom. The molecule has 10 nitrogen and oxygen atoms in total. The predicted molar refractivity (Wildman–Crippen MR) is 246 cm³/mol. The molecule has 0 aliphatic carbocycles. The van der Waals surface area contributed by atoms with E-state index in [1.807, 2.05) is 6.92 Å². The summed E-state index contributed by atoms with van der Waals surface area (Å²) >= 11 is 0. The zero-order chi connectivity index (χ0) is 44.2. The van der Waals surface area contributed by atoms with Gasteiger partial charge in [0.25, 0.3) is 0 Å². The van der Waals surface area contributed by atoms with E-state index in [-0.39, 0.29) is 37.9 Å². The zero-order valence-electron chi connectivity index (χ0n) is 39.7. The molecule has 0 N–H and O–H groups in total. The van der Waals surface area contributed by atoms with Gasteiger partial charge in [-0.05, 0) is 77.3 Å². The van der Waals surface area contributed by atoms with Gasteiger partial charge in [-0.3, -0.25) is 9.59 Å². The molecular weight excluding hydrogens is 759 g/mol. The third kappa shape index (κ3) is 39.7. The van der Waals surface area contributed by atoms with Crippen LogP contribution in [0.3, 0.4) is 0 Å². The Balaban J connectivity index is 5.06. The van der Waals surface area contributed by atoms with Crippen LogP contribution in [0.5, 0.6) is 0 Å². The number of unbranched alkanes of at least 4 members (excludes halogenated alkanes) is 16. The summed E-state index contributed by atoms with van der Waals surface area (Å²) in [5.41, 5.74) is 0. The normalized spacial score (nSPS) is 12.8. The SMILES string of the molecule is CCCCC/C=C\C/C=C\CCCCCC(CC(=O)OCC(C)COC(=O)OCCCN(CC)CC)OC(=O)CCC(OCCCCCCCC)OCCCCCCCC. The monoisotopic (exact) mass is 852 g/mol. The predicted octanol–water partition coefficient (Wildman–Crippen LogP) is 13.2. The van der Waals surface area contributed by atoms with Crippen molar-refractivity contribution >= 4 is 18.1 Å². The van der Waals surface area contributed by atoms with Gasteiger partial charge in [-0.15, -0.1) is 0 Å². The first-order valence-corrected chi connectivity index (χ1v) is 24.7. The standard InChI is InChI=1S/C50H93NO9/c1-7-12-15-18-21-22-23-24-25-26-27-28-31-35-46(42-48(53)58-43-45(6)44-59-50(54)57-41-34-38-51(10-4)11-5)60-47(52)36-37-49(55-39-32-29-19-16-13-8-2)56-40-33-30-20-17-14-9-3/h21-22,24-25,45-46,49H,7-20,23,26-44H2,1-6H3/b22-21-,25-24-. The van der Waals surface area contributed by atoms with E-state index >= 15 is 0 Å². The lowest BCUT2D eigenvalue weighted by Gasteiger charge is -2.21. The smallest absolute Gasteiger partial charge is 0.465 e. The van der Waals surface area contributed by atoms with Crippen molar-refractivity contribution in [3.63, 3.8) is 0 Å². The maximum absolute atomic E-state index is 13.2. The molecule has 0 aliphatic heterocycles. The number of nitrogens with zero attached hydrogens (tertiary/aromatic N) is 1. The van der Waals surface area contributed by atoms with Crippen LogP contribution in [0, 0.1) is 5.92 Å². The van der Waals surface area contributed by atoms with Crippen LogP contribution in [-0.2, 0) is 38.0 Å². The molecule has 0 aromatic heterocycles. The molecule has 0 aliphatic rings. The first-order chi connectivity index (χ1) is 29.3. The summed E-state index contributed by atoms with van der Waals surface area (Å²) in [5, 5.41) is 0. The molecule has 0 amide bonds. The third-order valence-corrected chi connectivity index (χ3v) is 10.6. The lowest BCUT2D eigenvalue weighted by molar-refractivity contribution is -0.165. The van der Waals surface area contributed by atoms with Gasteiger partial charge in [-0.1, -0.05) is 149 Å². The molecule has 0 fully saturated rings. The van der Waals surface area contributed by atoms with E-state index in [2.05, 4.69) is 63.8 Å². The first-order valence-electron chi connectivity index (χ1n) is 24.7. The van der Waals surface area contributed by atoms with Crippen LogP contribution in [0.2, 0.25) is 0 Å². The molecule has 0 rings (SSSR count). The lowest BCUT2D eigenvalue weighted by atomic mass is 10.1. The molecule has 0 bridgehead atoms. The Morgan fingerprint density at radius 1 is 0.533 bits per heavy atom. The average molecular weight is 852 g/mol. The van der Waals surface area contributed by atoms with E-state index in [9.17, 15) is 14.4 Å². The van der Waals surface area contributed by atoms with Crippen molar-refractivity contribution in [3.8, 4) is 0 Å². The summed E-state index contributed by atoms with van der Waals surface area (Å²) in [7, 11) is 0. The summed E-state index contributed by atoms with van der Waals surface area (Å²) in [6, 6.07) is 0. The van der Waals surface area contributed by atoms with Crippen molar-refractivity contribution in [1.29, 1.82) is 0 Å². The van der Waals surface area contributed by atoms with Crippen LogP contribution in [0.1, 0.15) is 208 Å². The number of ether oxygens (including phenoxy) is 6. The second kappa shape index (κ2) is 44.6. The Hall–Kier alpha value is -2.43. The zero-order valence-corrected chi connectivity index (χ0v) is 39.7. The number of hydrogen-bond acceptors (Lipinski definition) is 10. The molecule has 0 aromatic carbocycles. The quantitative estimate of drug-likeness (QED) is 0.0193. The first kappa shape index (κ1) is 57.6. The van der Waals surface area contributed by atoms with Crippen LogP contribution in [0.25, 0.3) is 0 Å². The van der Waals surface area contributed by atoms with Crippen LogP contribution >= 0.6 is 0 Å². The van der Waals surface area contributed by atoms with Crippen molar-refractivity contribution in [2.24, 2.45) is 5.92 Å². The maximum Gasteiger partial charge on any atom is 0.508 e. The molecule has 0 radical (unpaired) electrons. The minimum atomic E-state index is -0.715. The molecule has 2 atom stereocenters. The summed E-state index contributed by atoms with van der Waals surface area (Å²) in [6.07, 6.45) is 33.0. The van der Waals surface area contributed by atoms with Gasteiger partial charge in [0.15, 0.2) is 6.29 Å². The van der Waals surface area contributed by atoms with E-state index in [1.165, 1.54) is 70.6 Å². The fourth-order valence-corrected chi connectivity index (χ4v) is 6.69. The largest absolute Gasteiger partial charge is 0.508 e. The highest BCUT2D eigenvalue weighted by atomic mass is 16.7. The number of carbonyl (C=O) groups excluding carboxylic acids is 3. The van der Waals surface area contributed by atoms with E-state index in [4.69, 9.17) is 28.4 Å². The van der Waals surface area contributed by atoms with Gasteiger partial charge in [0.05, 0.1) is 26.1 Å². The van der Waals surface area contributed by atoms with E-state index in [1.54, 1.807) is 0 Å². The lowest BCUT2D eigenvalue weighted by Crippen LogP contribution is -2.26. The summed E-state index contributed by atoms with van der Waals surface area (Å²) in [5.74, 6) is -1.01. The van der Waals surface area contributed by atoms with Gasteiger partial charge in [0, 0.05) is 32.1 Å². The number of rotatable bonds is 44. The molecule has 352 valence electrons. The maximum atomic E-state index is 13.2. The van der Waals surface area contributed by atoms with Crippen molar-refractivity contribution in [2.45, 2.75) is 221 Å². The molecule has 0 aromatic rings. The summed E-state index contributed by atoms with van der Waals surface area (Å²) < 4.78 is 34.2. The molecule has 0 heterocycles. The molecule has 0 saturated carbocycles. The molecule has 0 saturated heterocycles. The van der Waals surface area contributed by atoms with E-state index < -0.39 is 24.5 Å². The highest BCUT2D eigenvalue weighted by molar-refractivity contribution is 5.72. The fraction of sp³-hybridized carbons (Fsp3) is 0.860. The van der Waals surface area contributed by atoms with Crippen molar-refractivity contribution in [3.05, 3.63) is 24.3 Å². The third-order valence-electron chi connectivity index (χ3n) is 10.6. The van der Waals surface area contributed by atoms with Gasteiger partial charge < -0.3 is 33.3 Å². The highest BCUT2D eigenvalue weighted by Crippen LogP contribution is 2.17. The number of allylic oxidation sites excluding steroid dienone is 4. The molecule has 60 heavy (non-hydrogen) atoms. The topological polar surface area (TPSA) is 110 Å². The molecule has 2 unspecified atom stereocenters. The Kier molecular flexibility index (Phi) is 42.8. The van der Waals surface area contributed by atoms with Gasteiger partial charge in [-0.2, -0.15) is 0 Å².